The molecule has 0 spiro atoms. The highest BCUT2D eigenvalue weighted by Crippen LogP contribution is 2.33. The number of methoxy groups -OCH3 is 1. The number of aromatic nitrogens is 1. The molecule has 2 aromatic carbocycles. The van der Waals surface area contributed by atoms with Crippen molar-refractivity contribution < 1.29 is 19.0 Å². The first-order valence-electron chi connectivity index (χ1n) is 12.3. The van der Waals surface area contributed by atoms with Gasteiger partial charge in [0.05, 0.1) is 30.4 Å². The minimum Gasteiger partial charge on any atom is -0.486 e. The lowest BCUT2D eigenvalue weighted by atomic mass is 10.1. The molecule has 1 aromatic heterocycles. The van der Waals surface area contributed by atoms with Crippen molar-refractivity contribution in [2.45, 2.75) is 20.4 Å². The van der Waals surface area contributed by atoms with Crippen molar-refractivity contribution in [3.8, 4) is 11.5 Å². The zero-order chi connectivity index (χ0) is 26.4. The van der Waals surface area contributed by atoms with E-state index in [0.717, 1.165) is 25.0 Å². The van der Waals surface area contributed by atoms with Gasteiger partial charge in [0.1, 0.15) is 13.2 Å². The number of fused-ring (bicyclic) bond motifs is 2. The average molecular weight is 525 g/mol. The van der Waals surface area contributed by atoms with Gasteiger partial charge in [-0.3, -0.25) is 4.79 Å². The average Bonchev–Trinajstić information content (AvgIpc) is 2.91. The maximum Gasteiger partial charge on any atom is 0.339 e. The lowest BCUT2D eigenvalue weighted by Gasteiger charge is -2.29. The van der Waals surface area contributed by atoms with Crippen molar-refractivity contribution in [2.24, 2.45) is 0 Å². The predicted octanol–water partition coefficient (Wildman–Crippen LogP) is 3.63. The van der Waals surface area contributed by atoms with E-state index in [0.29, 0.717) is 58.7 Å². The number of nitrogens with one attached hydrogen (secondary N) is 2. The first-order chi connectivity index (χ1) is 17.9. The number of esters is 1. The van der Waals surface area contributed by atoms with Crippen LogP contribution >= 0.6 is 12.2 Å². The van der Waals surface area contributed by atoms with Crippen molar-refractivity contribution in [1.82, 2.24) is 14.8 Å². The SMILES string of the molecule is CCN(CC)CCN(Cc1cc2cc3c(cc2[nH]c1=O)OCCO3)C(=S)Nc1ccccc1C(=O)OC. The zero-order valence-electron chi connectivity index (χ0n) is 21.3. The number of likely N-dealkylation sites (N-methyl/N-ethyl adjacent to an activating group) is 1. The van der Waals surface area contributed by atoms with Crippen LogP contribution < -0.4 is 20.3 Å². The highest BCUT2D eigenvalue weighted by molar-refractivity contribution is 7.80. The van der Waals surface area contributed by atoms with Gasteiger partial charge < -0.3 is 34.3 Å². The molecule has 1 aliphatic heterocycles. The molecule has 1 aliphatic rings. The van der Waals surface area contributed by atoms with E-state index >= 15 is 0 Å². The Morgan fingerprint density at radius 1 is 1.08 bits per heavy atom. The Morgan fingerprint density at radius 3 is 2.49 bits per heavy atom. The summed E-state index contributed by atoms with van der Waals surface area (Å²) in [5, 5.41) is 4.45. The van der Waals surface area contributed by atoms with Crippen molar-refractivity contribution in [3.05, 3.63) is 63.9 Å². The molecule has 0 unspecified atom stereocenters. The van der Waals surface area contributed by atoms with Crippen LogP contribution in [0.15, 0.2) is 47.3 Å². The van der Waals surface area contributed by atoms with E-state index in [2.05, 4.69) is 29.0 Å². The molecule has 0 saturated carbocycles. The quantitative estimate of drug-likeness (QED) is 0.321. The van der Waals surface area contributed by atoms with Gasteiger partial charge in [0.15, 0.2) is 16.6 Å². The number of anilines is 1. The van der Waals surface area contributed by atoms with E-state index in [4.69, 9.17) is 26.4 Å². The maximum atomic E-state index is 13.1. The summed E-state index contributed by atoms with van der Waals surface area (Å²) in [5.41, 5.74) is 1.97. The number of pyridine rings is 1. The van der Waals surface area contributed by atoms with Gasteiger partial charge in [0.25, 0.3) is 5.56 Å². The summed E-state index contributed by atoms with van der Waals surface area (Å²) in [4.78, 5) is 32.5. The van der Waals surface area contributed by atoms with Crippen molar-refractivity contribution in [3.63, 3.8) is 0 Å². The fourth-order valence-electron chi connectivity index (χ4n) is 4.24. The van der Waals surface area contributed by atoms with E-state index in [-0.39, 0.29) is 12.1 Å². The Bertz CT molecular complexity index is 1340. The van der Waals surface area contributed by atoms with Crippen molar-refractivity contribution in [1.29, 1.82) is 0 Å². The van der Waals surface area contributed by atoms with Crippen LogP contribution in [0, 0.1) is 0 Å². The number of carbonyl (C=O) groups excluding carboxylic acids is 1. The van der Waals surface area contributed by atoms with Crippen LogP contribution in [0.25, 0.3) is 10.9 Å². The maximum absolute atomic E-state index is 13.1. The fraction of sp³-hybridized carbons (Fsp3) is 0.370. The van der Waals surface area contributed by atoms with Crippen molar-refractivity contribution in [2.75, 3.05) is 51.8 Å². The minimum atomic E-state index is -0.457. The van der Waals surface area contributed by atoms with Gasteiger partial charge in [-0.1, -0.05) is 26.0 Å². The van der Waals surface area contributed by atoms with Crippen molar-refractivity contribution >= 4 is 39.9 Å². The first kappa shape index (κ1) is 26.4. The van der Waals surface area contributed by atoms with E-state index in [9.17, 15) is 9.59 Å². The number of aromatic amines is 1. The number of nitrogens with zero attached hydrogens (tertiary/aromatic N) is 2. The van der Waals surface area contributed by atoms with Crippen LogP contribution in [0.5, 0.6) is 11.5 Å². The number of hydrogen-bond acceptors (Lipinski definition) is 7. The second kappa shape index (κ2) is 12.1. The lowest BCUT2D eigenvalue weighted by molar-refractivity contribution is 0.0602. The highest BCUT2D eigenvalue weighted by Gasteiger charge is 2.19. The number of para-hydroxylation sites is 1. The zero-order valence-corrected chi connectivity index (χ0v) is 22.2. The van der Waals surface area contributed by atoms with Gasteiger partial charge in [-0.2, -0.15) is 0 Å². The summed E-state index contributed by atoms with van der Waals surface area (Å²) in [5.74, 6) is 0.825. The fourth-order valence-corrected chi connectivity index (χ4v) is 4.51. The molecule has 196 valence electrons. The lowest BCUT2D eigenvalue weighted by Crippen LogP contribution is -2.41. The van der Waals surface area contributed by atoms with Gasteiger partial charge in [-0.15, -0.1) is 0 Å². The van der Waals surface area contributed by atoms with Crippen LogP contribution in [0.1, 0.15) is 29.8 Å². The standard InChI is InChI=1S/C27H32N4O5S/c1-4-30(5-2)10-11-31(27(37)29-21-9-7-6-8-20(21)26(33)34-3)17-19-14-18-15-23-24(36-13-12-35-23)16-22(18)28-25(19)32/h6-9,14-16H,4-5,10-13,17H2,1-3H3,(H,28,32)(H,29,37). The van der Waals surface area contributed by atoms with E-state index in [1.54, 1.807) is 24.3 Å². The van der Waals surface area contributed by atoms with Crippen LogP contribution in [0.4, 0.5) is 5.69 Å². The Morgan fingerprint density at radius 2 is 1.78 bits per heavy atom. The summed E-state index contributed by atoms with van der Waals surface area (Å²) in [6, 6.07) is 12.6. The second-order valence-corrected chi connectivity index (χ2v) is 9.01. The summed E-state index contributed by atoms with van der Waals surface area (Å²) in [6.45, 7) is 8.62. The van der Waals surface area contributed by atoms with Crippen LogP contribution in [0.2, 0.25) is 0 Å². The Labute approximate surface area is 221 Å². The number of benzene rings is 2. The third-order valence-electron chi connectivity index (χ3n) is 6.39. The third-order valence-corrected chi connectivity index (χ3v) is 6.75. The normalized spacial score (nSPS) is 12.4. The molecule has 2 N–H and O–H groups in total. The molecule has 2 heterocycles. The van der Waals surface area contributed by atoms with Gasteiger partial charge >= 0.3 is 5.97 Å². The van der Waals surface area contributed by atoms with Crippen LogP contribution in [-0.4, -0.2) is 72.4 Å². The Hall–Kier alpha value is -3.63. The molecule has 9 nitrogen and oxygen atoms in total. The van der Waals surface area contributed by atoms with E-state index < -0.39 is 5.97 Å². The summed E-state index contributed by atoms with van der Waals surface area (Å²) < 4.78 is 16.3. The monoisotopic (exact) mass is 524 g/mol. The number of ether oxygens (including phenoxy) is 3. The summed E-state index contributed by atoms with van der Waals surface area (Å²) in [6.07, 6.45) is 0. The molecule has 0 fully saturated rings. The summed E-state index contributed by atoms with van der Waals surface area (Å²) >= 11 is 5.78. The van der Waals surface area contributed by atoms with Gasteiger partial charge in [-0.05, 0) is 49.6 Å². The Kier molecular flexibility index (Phi) is 8.62. The van der Waals surface area contributed by atoms with E-state index in [1.165, 1.54) is 7.11 Å². The molecule has 0 atom stereocenters. The smallest absolute Gasteiger partial charge is 0.339 e. The van der Waals surface area contributed by atoms with Gasteiger partial charge in [0.2, 0.25) is 0 Å². The van der Waals surface area contributed by atoms with Gasteiger partial charge in [-0.25, -0.2) is 4.79 Å². The second-order valence-electron chi connectivity index (χ2n) is 8.62. The number of hydrogen-bond donors (Lipinski definition) is 2. The van der Waals surface area contributed by atoms with Crippen LogP contribution in [-0.2, 0) is 11.3 Å². The minimum absolute atomic E-state index is 0.199. The van der Waals surface area contributed by atoms with Gasteiger partial charge in [0, 0.05) is 30.1 Å². The molecule has 0 bridgehead atoms. The number of rotatable bonds is 9. The first-order valence-corrected chi connectivity index (χ1v) is 12.8. The third kappa shape index (κ3) is 6.20. The molecule has 0 saturated heterocycles. The molecule has 4 rings (SSSR count). The highest BCUT2D eigenvalue weighted by atomic mass is 32.1. The summed E-state index contributed by atoms with van der Waals surface area (Å²) in [7, 11) is 1.34. The molecule has 3 aromatic rings. The molecule has 0 radical (unpaired) electrons. The number of H-pyrrole nitrogens is 1. The molecular weight excluding hydrogens is 492 g/mol. The molecule has 0 amide bonds. The Balaban J connectivity index is 1.63. The molecular formula is C27H32N4O5S. The topological polar surface area (TPSA) is 96.1 Å². The molecule has 10 heteroatoms. The predicted molar refractivity (Wildman–Crippen MR) is 148 cm³/mol. The number of carbonyl (C=O) groups is 1. The molecule has 0 aliphatic carbocycles. The van der Waals surface area contributed by atoms with E-state index in [1.807, 2.05) is 23.1 Å². The van der Waals surface area contributed by atoms with Crippen LogP contribution in [0.3, 0.4) is 0 Å². The largest absolute Gasteiger partial charge is 0.486 e. The molecule has 37 heavy (non-hydrogen) atoms. The number of thiocarbonyl (C=S) groups is 1.